The fourth-order valence-electron chi connectivity index (χ4n) is 0.955. The second kappa shape index (κ2) is 24.0. The topological polar surface area (TPSA) is 254 Å². The van der Waals surface area contributed by atoms with Crippen molar-refractivity contribution >= 4 is 49.8 Å². The summed E-state index contributed by atoms with van der Waals surface area (Å²) >= 11 is 0. The maximum Gasteiger partial charge on any atom is 0.355 e. The van der Waals surface area contributed by atoms with Gasteiger partial charge in [0.25, 0.3) is 0 Å². The molecule has 0 heterocycles. The average molecular weight is 574 g/mol. The molecule has 158 valence electrons. The smallest absolute Gasteiger partial charge is 0.355 e. The first-order valence-corrected chi connectivity index (χ1v) is 5.50. The molecule has 0 aliphatic heterocycles. The van der Waals surface area contributed by atoms with Gasteiger partial charge in [0.1, 0.15) is 0 Å². The van der Waals surface area contributed by atoms with Gasteiger partial charge in [-0.25, -0.2) is 19.2 Å². The van der Waals surface area contributed by atoms with Crippen LogP contribution in [0.4, 0.5) is 0 Å². The summed E-state index contributed by atoms with van der Waals surface area (Å²) in [6.45, 7) is 0.238. The number of rotatable bonds is 10. The van der Waals surface area contributed by atoms with Crippen LogP contribution in [0.15, 0.2) is 0 Å². The minimum absolute atomic E-state index is 0. The summed E-state index contributed by atoms with van der Waals surface area (Å²) in [4.78, 5) is 80.8. The largest absolute Gasteiger partial charge is 0.665 e. The molecule has 0 rings (SSSR count). The van der Waals surface area contributed by atoms with E-state index in [4.69, 9.17) is 30.0 Å². The molecule has 0 aromatic rings. The molecule has 18 heteroatoms. The normalized spacial score (nSPS) is 8.00. The van der Waals surface area contributed by atoms with Crippen LogP contribution in [0, 0.1) is 5.41 Å². The van der Waals surface area contributed by atoms with Gasteiger partial charge in [-0.3, -0.25) is 0 Å². The first-order chi connectivity index (χ1) is 12.7. The Hall–Kier alpha value is -2.03. The molecule has 0 spiro atoms. The number of hydrogen-bond acceptors (Lipinski definition) is 12. The van der Waals surface area contributed by atoms with Crippen molar-refractivity contribution in [3.05, 3.63) is 0 Å². The molecule has 0 aliphatic rings. The number of aliphatic carboxylic acids is 2. The molecule has 4 N–H and O–H groups in total. The number of ether oxygens (including phenoxy) is 4. The monoisotopic (exact) mass is 574 g/mol. The summed E-state index contributed by atoms with van der Waals surface area (Å²) in [6.07, 6.45) is 0. The number of carbonyl (C=O) groups excluding carboxylic acids is 4. The van der Waals surface area contributed by atoms with Crippen molar-refractivity contribution in [1.82, 2.24) is 0 Å². The van der Waals surface area contributed by atoms with E-state index in [0.717, 1.165) is 12.9 Å². The maximum atomic E-state index is 11.5. The van der Waals surface area contributed by atoms with Crippen LogP contribution >= 0.6 is 0 Å². The quantitative estimate of drug-likeness (QED) is 0.0650. The zero-order valence-electron chi connectivity index (χ0n) is 13.8. The third-order valence-corrected chi connectivity index (χ3v) is 1.87. The summed E-state index contributed by atoms with van der Waals surface area (Å²) in [5.74, 6) is -9.07. The molecule has 29 heavy (non-hydrogen) atoms. The SMILES string of the molecule is O=[C-]O.O=[C-]O.O=[C-]OCOC(=O)C(C(=O)O)(C(=O)O)C(=O)OCO[C-]=O.[Y].[Y]. The van der Waals surface area contributed by atoms with Crippen LogP contribution in [0.25, 0.3) is 0 Å². The number of carbonyl (C=O) groups is 4. The van der Waals surface area contributed by atoms with Crippen LogP contribution in [-0.4, -0.2) is 83.8 Å². The number of carboxylic acid groups (broad SMARTS) is 2. The Morgan fingerprint density at radius 1 is 0.690 bits per heavy atom. The average Bonchev–Trinajstić information content (AvgIpc) is 2.56. The van der Waals surface area contributed by atoms with E-state index in [9.17, 15) is 28.8 Å². The van der Waals surface area contributed by atoms with Gasteiger partial charge in [-0.1, -0.05) is 25.9 Å². The van der Waals surface area contributed by atoms with E-state index in [1.807, 2.05) is 0 Å². The second-order valence-corrected chi connectivity index (χ2v) is 3.10. The molecule has 0 aromatic heterocycles. The van der Waals surface area contributed by atoms with Crippen LogP contribution in [0.1, 0.15) is 0 Å². The molecular formula is C11H8O16Y2-4. The Morgan fingerprint density at radius 2 is 0.931 bits per heavy atom. The predicted octanol–water partition coefficient (Wildman–Crippen LogP) is -3.47. The summed E-state index contributed by atoms with van der Waals surface area (Å²) in [7, 11) is 0. The summed E-state index contributed by atoms with van der Waals surface area (Å²) in [5.41, 5.74) is -3.79. The number of esters is 2. The molecular weight excluding hydrogens is 566 g/mol. The van der Waals surface area contributed by atoms with E-state index >= 15 is 0 Å². The van der Waals surface area contributed by atoms with Crippen LogP contribution in [0.5, 0.6) is 0 Å². The van der Waals surface area contributed by atoms with E-state index < -0.39 is 42.9 Å². The van der Waals surface area contributed by atoms with Crippen molar-refractivity contribution < 1.29 is 143 Å². The zero-order chi connectivity index (χ0) is 21.9. The number of carboxylic acids is 2. The Balaban J connectivity index is -0.000000212. The summed E-state index contributed by atoms with van der Waals surface area (Å²) in [5, 5.41) is 31.2. The van der Waals surface area contributed by atoms with Gasteiger partial charge < -0.3 is 58.6 Å². The van der Waals surface area contributed by atoms with Crippen molar-refractivity contribution in [2.45, 2.75) is 0 Å². The fourth-order valence-corrected chi connectivity index (χ4v) is 0.955. The van der Waals surface area contributed by atoms with Crippen molar-refractivity contribution in [1.29, 1.82) is 0 Å². The van der Waals surface area contributed by atoms with Crippen molar-refractivity contribution in [2.24, 2.45) is 5.41 Å². The predicted molar refractivity (Wildman–Crippen MR) is 69.8 cm³/mol. The molecule has 0 saturated heterocycles. The van der Waals surface area contributed by atoms with Crippen molar-refractivity contribution in [2.75, 3.05) is 13.6 Å². The summed E-state index contributed by atoms with van der Waals surface area (Å²) in [6, 6.07) is 0. The van der Waals surface area contributed by atoms with Gasteiger partial charge >= 0.3 is 29.3 Å². The van der Waals surface area contributed by atoms with E-state index in [-0.39, 0.29) is 65.4 Å². The van der Waals surface area contributed by atoms with Crippen molar-refractivity contribution in [3.63, 3.8) is 0 Å². The van der Waals surface area contributed by atoms with Gasteiger partial charge in [0.2, 0.25) is 13.6 Å². The molecule has 0 atom stereocenters. The number of aliphatic hydroxyl groups excluding tert-OH is 2. The molecule has 0 fully saturated rings. The molecule has 0 aliphatic carbocycles. The molecule has 0 bridgehead atoms. The third-order valence-electron chi connectivity index (χ3n) is 1.87. The Bertz CT molecular complexity index is 499. The van der Waals surface area contributed by atoms with Crippen LogP contribution < -0.4 is 0 Å². The number of hydrogen-bond donors (Lipinski definition) is 4. The minimum Gasteiger partial charge on any atom is -0.665 e. The fraction of sp³-hybridized carbons (Fsp3) is 0.273. The van der Waals surface area contributed by atoms with E-state index in [1.54, 1.807) is 0 Å². The molecule has 0 saturated carbocycles. The molecule has 16 nitrogen and oxygen atoms in total. The Kier molecular flexibility index (Phi) is 31.2. The molecule has 0 unspecified atom stereocenters. The van der Waals surface area contributed by atoms with E-state index in [2.05, 4.69) is 18.9 Å². The van der Waals surface area contributed by atoms with E-state index in [0.29, 0.717) is 12.9 Å². The van der Waals surface area contributed by atoms with Crippen molar-refractivity contribution in [3.8, 4) is 0 Å². The van der Waals surface area contributed by atoms with Crippen LogP contribution in [-0.2, 0) is 123 Å². The molecule has 2 radical (unpaired) electrons. The third kappa shape index (κ3) is 14.6. The van der Waals surface area contributed by atoms with Gasteiger partial charge in [-0.05, 0) is 0 Å². The first kappa shape index (κ1) is 37.7. The standard InChI is InChI=1S/C9H6O12.2CHO2.2Y/c10-1-18-3-20-7(16)9(5(12)13,6(14)15)8(17)21-4-19-2-11;2*2-1-3;;/h3-4H2,(H,12,13)(H,14,15);2*(H,2,3);;/q-2;2*-1;;. The first-order valence-electron chi connectivity index (χ1n) is 5.50. The molecule has 0 aromatic carbocycles. The summed E-state index contributed by atoms with van der Waals surface area (Å²) < 4.78 is 15.5. The minimum atomic E-state index is -3.79. The Morgan fingerprint density at radius 3 is 1.10 bits per heavy atom. The Labute approximate surface area is 210 Å². The molecule has 0 amide bonds. The van der Waals surface area contributed by atoms with Gasteiger partial charge in [0.15, 0.2) is 0 Å². The van der Waals surface area contributed by atoms with Crippen LogP contribution in [0.3, 0.4) is 0 Å². The van der Waals surface area contributed by atoms with Crippen LogP contribution in [0.2, 0.25) is 0 Å². The van der Waals surface area contributed by atoms with E-state index in [1.165, 1.54) is 0 Å². The van der Waals surface area contributed by atoms with Gasteiger partial charge in [0, 0.05) is 65.4 Å². The van der Waals surface area contributed by atoms with Gasteiger partial charge in [-0.15, -0.1) is 0 Å². The van der Waals surface area contributed by atoms with Gasteiger partial charge in [0.05, 0.1) is 0 Å². The maximum absolute atomic E-state index is 11.5. The second-order valence-electron chi connectivity index (χ2n) is 3.10. The zero-order valence-corrected chi connectivity index (χ0v) is 19.4. The van der Waals surface area contributed by atoms with Gasteiger partial charge in [-0.2, -0.15) is 0 Å².